The first-order chi connectivity index (χ1) is 17.7. The third-order valence-corrected chi connectivity index (χ3v) is 5.98. The summed E-state index contributed by atoms with van der Waals surface area (Å²) in [5.74, 6) is 0.0953. The molecule has 2 heterocycles. The fourth-order valence-electron chi connectivity index (χ4n) is 4.27. The van der Waals surface area contributed by atoms with E-state index in [9.17, 15) is 14.7 Å². The van der Waals surface area contributed by atoms with Crippen LogP contribution in [0.1, 0.15) is 32.4 Å². The number of amides is 1. The van der Waals surface area contributed by atoms with Crippen molar-refractivity contribution < 1.29 is 23.8 Å². The molecular weight excluding hydrogens is 474 g/mol. The van der Waals surface area contributed by atoms with Gasteiger partial charge in [0.2, 0.25) is 0 Å². The lowest BCUT2D eigenvalue weighted by Crippen LogP contribution is -2.41. The zero-order valence-corrected chi connectivity index (χ0v) is 20.9. The highest BCUT2D eigenvalue weighted by Crippen LogP contribution is 2.28. The van der Waals surface area contributed by atoms with Crippen LogP contribution in [0.3, 0.4) is 0 Å². The van der Waals surface area contributed by atoms with Crippen molar-refractivity contribution in [1.29, 1.82) is 0 Å². The topological polar surface area (TPSA) is 121 Å². The number of aromatic amines is 2. The molecule has 1 unspecified atom stereocenters. The van der Waals surface area contributed by atoms with Crippen LogP contribution in [0.15, 0.2) is 69.9 Å². The summed E-state index contributed by atoms with van der Waals surface area (Å²) >= 11 is 0. The Bertz CT molecular complexity index is 1620. The monoisotopic (exact) mass is 503 g/mol. The normalized spacial score (nSPS) is 12.8. The number of hydrogen-bond donors (Lipinski definition) is 3. The molecule has 5 aromatic rings. The van der Waals surface area contributed by atoms with E-state index < -0.39 is 23.6 Å². The Morgan fingerprint density at radius 3 is 2.59 bits per heavy atom. The third-order valence-electron chi connectivity index (χ3n) is 5.98. The Labute approximate surface area is 212 Å². The minimum Gasteiger partial charge on any atom is -0.492 e. The van der Waals surface area contributed by atoms with E-state index in [1.54, 1.807) is 39.0 Å². The summed E-state index contributed by atoms with van der Waals surface area (Å²) < 4.78 is 16.5. The summed E-state index contributed by atoms with van der Waals surface area (Å²) in [6.07, 6.45) is -1.57. The van der Waals surface area contributed by atoms with Gasteiger partial charge in [0.15, 0.2) is 5.58 Å². The second-order valence-corrected chi connectivity index (χ2v) is 9.94. The SMILES string of the molecule is CC(C)(C)OC(=O)N(CCOc1ccc2c(c1)[nH]c1ccccc12)CC(O)c1ccc2oc(=O)[nH]c2c1. The largest absolute Gasteiger partial charge is 0.492 e. The number of nitrogens with zero attached hydrogens (tertiary/aromatic N) is 1. The molecule has 0 saturated carbocycles. The summed E-state index contributed by atoms with van der Waals surface area (Å²) in [5, 5.41) is 13.1. The molecule has 5 rings (SSSR count). The van der Waals surface area contributed by atoms with Gasteiger partial charge in [-0.25, -0.2) is 9.59 Å². The second kappa shape index (κ2) is 9.67. The van der Waals surface area contributed by atoms with Crippen LogP contribution in [0.4, 0.5) is 4.79 Å². The standard InChI is InChI=1S/C28H29N3O6/c1-28(2,3)37-27(34)31(16-24(32)17-8-11-25-23(14-17)30-26(33)36-25)12-13-35-18-9-10-20-19-6-4-5-7-21(19)29-22(20)15-18/h4-11,14-15,24,29,32H,12-13,16H2,1-3H3,(H,30,33). The molecule has 37 heavy (non-hydrogen) atoms. The lowest BCUT2D eigenvalue weighted by Gasteiger charge is -2.29. The number of aliphatic hydroxyl groups is 1. The van der Waals surface area contributed by atoms with Crippen molar-refractivity contribution >= 4 is 39.0 Å². The second-order valence-electron chi connectivity index (χ2n) is 9.94. The van der Waals surface area contributed by atoms with Gasteiger partial charge in [-0.05, 0) is 56.7 Å². The maximum absolute atomic E-state index is 12.9. The van der Waals surface area contributed by atoms with Crippen LogP contribution in [-0.2, 0) is 4.74 Å². The van der Waals surface area contributed by atoms with Gasteiger partial charge in [-0.15, -0.1) is 0 Å². The molecule has 0 radical (unpaired) electrons. The Morgan fingerprint density at radius 2 is 1.78 bits per heavy atom. The first-order valence-corrected chi connectivity index (χ1v) is 12.1. The molecule has 0 spiro atoms. The molecule has 9 nitrogen and oxygen atoms in total. The number of fused-ring (bicyclic) bond motifs is 4. The van der Waals surface area contributed by atoms with E-state index in [1.807, 2.05) is 36.4 Å². The quantitative estimate of drug-likeness (QED) is 0.284. The lowest BCUT2D eigenvalue weighted by atomic mass is 10.1. The van der Waals surface area contributed by atoms with Crippen LogP contribution in [0.2, 0.25) is 0 Å². The fourth-order valence-corrected chi connectivity index (χ4v) is 4.27. The number of rotatable bonds is 7. The molecule has 0 bridgehead atoms. The zero-order valence-electron chi connectivity index (χ0n) is 20.9. The van der Waals surface area contributed by atoms with E-state index in [0.29, 0.717) is 22.4 Å². The third kappa shape index (κ3) is 5.46. The average Bonchev–Trinajstić information content (AvgIpc) is 3.40. The highest BCUT2D eigenvalue weighted by molar-refractivity contribution is 6.07. The first kappa shape index (κ1) is 24.5. The van der Waals surface area contributed by atoms with Crippen molar-refractivity contribution in [2.75, 3.05) is 19.7 Å². The zero-order chi connectivity index (χ0) is 26.2. The van der Waals surface area contributed by atoms with Gasteiger partial charge < -0.3 is 28.9 Å². The fraction of sp³-hybridized carbons (Fsp3) is 0.286. The number of nitrogens with one attached hydrogen (secondary N) is 2. The van der Waals surface area contributed by atoms with Crippen molar-refractivity contribution in [2.45, 2.75) is 32.5 Å². The molecule has 0 aliphatic rings. The summed E-state index contributed by atoms with van der Waals surface area (Å²) in [5.41, 5.74) is 2.72. The molecule has 2 aromatic heterocycles. The predicted molar refractivity (Wildman–Crippen MR) is 141 cm³/mol. The number of aliphatic hydroxyl groups excluding tert-OH is 1. The number of carbonyl (C=O) groups excluding carboxylic acids is 1. The maximum atomic E-state index is 12.9. The van der Waals surface area contributed by atoms with Crippen molar-refractivity contribution in [3.63, 3.8) is 0 Å². The summed E-state index contributed by atoms with van der Waals surface area (Å²) in [6.45, 7) is 5.73. The van der Waals surface area contributed by atoms with Gasteiger partial charge in [0.25, 0.3) is 0 Å². The van der Waals surface area contributed by atoms with E-state index in [2.05, 4.69) is 16.0 Å². The molecular formula is C28H29N3O6. The van der Waals surface area contributed by atoms with E-state index >= 15 is 0 Å². The molecule has 1 atom stereocenters. The van der Waals surface area contributed by atoms with Crippen LogP contribution in [0.5, 0.6) is 5.75 Å². The van der Waals surface area contributed by atoms with Gasteiger partial charge in [0.05, 0.1) is 30.2 Å². The van der Waals surface area contributed by atoms with Crippen LogP contribution >= 0.6 is 0 Å². The summed E-state index contributed by atoms with van der Waals surface area (Å²) in [4.78, 5) is 31.8. The first-order valence-electron chi connectivity index (χ1n) is 12.1. The Balaban J connectivity index is 1.29. The predicted octanol–water partition coefficient (Wildman–Crippen LogP) is 5.11. The molecule has 9 heteroatoms. The van der Waals surface area contributed by atoms with Crippen molar-refractivity contribution in [3.05, 3.63) is 76.8 Å². The Morgan fingerprint density at radius 1 is 1.00 bits per heavy atom. The van der Waals surface area contributed by atoms with Gasteiger partial charge in [-0.1, -0.05) is 24.3 Å². The molecule has 0 aliphatic heterocycles. The lowest BCUT2D eigenvalue weighted by molar-refractivity contribution is 0.0117. The van der Waals surface area contributed by atoms with E-state index in [4.69, 9.17) is 13.9 Å². The van der Waals surface area contributed by atoms with E-state index in [1.165, 1.54) is 4.90 Å². The van der Waals surface area contributed by atoms with E-state index in [-0.39, 0.29) is 19.7 Å². The molecule has 1 amide bonds. The molecule has 3 aromatic carbocycles. The maximum Gasteiger partial charge on any atom is 0.417 e. The minimum absolute atomic E-state index is 0.0209. The number of benzene rings is 3. The molecule has 0 fully saturated rings. The highest BCUT2D eigenvalue weighted by atomic mass is 16.6. The average molecular weight is 504 g/mol. The minimum atomic E-state index is -1.02. The van der Waals surface area contributed by atoms with Crippen LogP contribution in [0, 0.1) is 0 Å². The molecule has 192 valence electrons. The Hall–Kier alpha value is -4.24. The van der Waals surface area contributed by atoms with Gasteiger partial charge in [-0.3, -0.25) is 4.98 Å². The van der Waals surface area contributed by atoms with Crippen molar-refractivity contribution in [2.24, 2.45) is 0 Å². The van der Waals surface area contributed by atoms with Crippen LogP contribution in [0.25, 0.3) is 32.9 Å². The number of aromatic nitrogens is 2. The number of carbonyl (C=O) groups is 1. The Kier molecular flexibility index (Phi) is 6.39. The van der Waals surface area contributed by atoms with Crippen molar-refractivity contribution in [3.8, 4) is 5.75 Å². The van der Waals surface area contributed by atoms with Gasteiger partial charge in [0.1, 0.15) is 18.0 Å². The van der Waals surface area contributed by atoms with Gasteiger partial charge in [0, 0.05) is 22.4 Å². The van der Waals surface area contributed by atoms with Gasteiger partial charge >= 0.3 is 11.8 Å². The number of para-hydroxylation sites is 1. The van der Waals surface area contributed by atoms with Crippen molar-refractivity contribution in [1.82, 2.24) is 14.9 Å². The number of hydrogen-bond acceptors (Lipinski definition) is 6. The smallest absolute Gasteiger partial charge is 0.417 e. The molecule has 0 saturated heterocycles. The number of ether oxygens (including phenoxy) is 2. The van der Waals surface area contributed by atoms with Crippen LogP contribution in [-0.4, -0.2) is 51.4 Å². The number of H-pyrrole nitrogens is 2. The van der Waals surface area contributed by atoms with E-state index in [0.717, 1.165) is 21.8 Å². The van der Waals surface area contributed by atoms with Crippen LogP contribution < -0.4 is 10.5 Å². The molecule has 3 N–H and O–H groups in total. The summed E-state index contributed by atoms with van der Waals surface area (Å²) in [6, 6.07) is 18.8. The molecule has 0 aliphatic carbocycles. The summed E-state index contributed by atoms with van der Waals surface area (Å²) in [7, 11) is 0. The highest BCUT2D eigenvalue weighted by Gasteiger charge is 2.25. The van der Waals surface area contributed by atoms with Gasteiger partial charge in [-0.2, -0.15) is 0 Å². The number of oxazole rings is 1.